The Morgan fingerprint density at radius 2 is 2.25 bits per heavy atom. The van der Waals surface area contributed by atoms with Gasteiger partial charge in [-0.25, -0.2) is 4.68 Å². The normalized spacial score (nSPS) is 14.3. The van der Waals surface area contributed by atoms with Gasteiger partial charge >= 0.3 is 0 Å². The summed E-state index contributed by atoms with van der Waals surface area (Å²) >= 11 is 0. The van der Waals surface area contributed by atoms with Gasteiger partial charge in [0, 0.05) is 13.1 Å². The van der Waals surface area contributed by atoms with Crippen LogP contribution in [-0.2, 0) is 6.54 Å². The second-order valence-corrected chi connectivity index (χ2v) is 6.12. The second-order valence-electron chi connectivity index (χ2n) is 6.12. The number of hydrogen-bond acceptors (Lipinski definition) is 4. The van der Waals surface area contributed by atoms with Gasteiger partial charge in [-0.1, -0.05) is 13.8 Å². The van der Waals surface area contributed by atoms with Gasteiger partial charge in [0.05, 0.1) is 6.54 Å². The van der Waals surface area contributed by atoms with Gasteiger partial charge < -0.3 is 15.0 Å². The van der Waals surface area contributed by atoms with Crippen LogP contribution in [0.1, 0.15) is 24.3 Å². The van der Waals surface area contributed by atoms with Crippen LogP contribution in [0.3, 0.4) is 0 Å². The van der Waals surface area contributed by atoms with Crippen molar-refractivity contribution in [2.24, 2.45) is 5.41 Å². The topological polar surface area (TPSA) is 59.4 Å². The maximum absolute atomic E-state index is 13.9. The van der Waals surface area contributed by atoms with E-state index in [9.17, 15) is 9.18 Å². The van der Waals surface area contributed by atoms with Crippen LogP contribution >= 0.6 is 0 Å². The van der Waals surface area contributed by atoms with Crippen LogP contribution < -0.4 is 10.1 Å². The van der Waals surface area contributed by atoms with Gasteiger partial charge in [-0.05, 0) is 19.5 Å². The first-order valence-electron chi connectivity index (χ1n) is 6.62. The molecule has 112 valence electrons. The molecule has 2 heterocycles. The van der Waals surface area contributed by atoms with Crippen molar-refractivity contribution in [3.05, 3.63) is 11.5 Å². The number of ether oxygens (including phenoxy) is 1. The number of halogens is 1. The number of rotatable bonds is 5. The smallest absolute Gasteiger partial charge is 0.275 e. The lowest BCUT2D eigenvalue weighted by Gasteiger charge is -2.28. The predicted octanol–water partition coefficient (Wildman–Crippen LogP) is 0.732. The lowest BCUT2D eigenvalue weighted by molar-refractivity contribution is 0.0918. The number of hydrogen-bond donors (Lipinski definition) is 1. The molecule has 2 rings (SSSR count). The highest BCUT2D eigenvalue weighted by atomic mass is 19.1. The van der Waals surface area contributed by atoms with Gasteiger partial charge in [0.15, 0.2) is 5.69 Å². The molecule has 0 spiro atoms. The number of nitrogens with one attached hydrogen (secondary N) is 1. The van der Waals surface area contributed by atoms with Crippen LogP contribution in [-0.4, -0.2) is 54.4 Å². The van der Waals surface area contributed by atoms with Crippen molar-refractivity contribution in [2.45, 2.75) is 20.4 Å². The highest BCUT2D eigenvalue weighted by molar-refractivity contribution is 5.92. The summed E-state index contributed by atoms with van der Waals surface area (Å²) in [5.74, 6) is -1.12. The third-order valence-electron chi connectivity index (χ3n) is 3.08. The molecule has 0 bridgehead atoms. The Balaban J connectivity index is 1.99. The molecule has 0 aromatic carbocycles. The standard InChI is InChI=1S/C13H21FN4O2/c1-13(2,8-17(3)4)7-15-11(19)10-9(14)12-18(16-10)5-6-20-12/h5-8H2,1-4H3,(H,15,19). The summed E-state index contributed by atoms with van der Waals surface area (Å²) in [4.78, 5) is 14.1. The predicted molar refractivity (Wildman–Crippen MR) is 72.3 cm³/mol. The monoisotopic (exact) mass is 284 g/mol. The quantitative estimate of drug-likeness (QED) is 0.866. The van der Waals surface area contributed by atoms with Crippen molar-refractivity contribution in [3.8, 4) is 5.88 Å². The van der Waals surface area contributed by atoms with Gasteiger partial charge in [0.1, 0.15) is 6.61 Å². The summed E-state index contributed by atoms with van der Waals surface area (Å²) < 4.78 is 20.4. The lowest BCUT2D eigenvalue weighted by atomic mass is 9.93. The van der Waals surface area contributed by atoms with E-state index in [0.717, 1.165) is 6.54 Å². The van der Waals surface area contributed by atoms with Crippen molar-refractivity contribution in [1.29, 1.82) is 0 Å². The summed E-state index contributed by atoms with van der Waals surface area (Å²) in [5.41, 5.74) is -0.297. The first-order chi connectivity index (χ1) is 9.30. The van der Waals surface area contributed by atoms with E-state index in [4.69, 9.17) is 4.74 Å². The zero-order chi connectivity index (χ0) is 14.9. The van der Waals surface area contributed by atoms with Gasteiger partial charge in [-0.2, -0.15) is 9.49 Å². The van der Waals surface area contributed by atoms with E-state index in [-0.39, 0.29) is 17.0 Å². The maximum Gasteiger partial charge on any atom is 0.275 e. The molecule has 1 aliphatic heterocycles. The minimum absolute atomic E-state index is 0.0581. The minimum atomic E-state index is -0.676. The molecule has 0 fully saturated rings. The molecule has 1 aromatic rings. The average molecular weight is 284 g/mol. The van der Waals surface area contributed by atoms with Crippen molar-refractivity contribution >= 4 is 5.91 Å². The van der Waals surface area contributed by atoms with Crippen LogP contribution in [0.4, 0.5) is 4.39 Å². The summed E-state index contributed by atoms with van der Waals surface area (Å²) in [6.45, 7) is 6.23. The van der Waals surface area contributed by atoms with E-state index in [1.54, 1.807) is 0 Å². The molecule has 0 atom stereocenters. The van der Waals surface area contributed by atoms with Crippen LogP contribution in [0.5, 0.6) is 5.88 Å². The first-order valence-corrected chi connectivity index (χ1v) is 6.62. The highest BCUT2D eigenvalue weighted by Crippen LogP contribution is 2.24. The molecule has 1 N–H and O–H groups in total. The second kappa shape index (κ2) is 5.40. The molecule has 20 heavy (non-hydrogen) atoms. The van der Waals surface area contributed by atoms with E-state index in [2.05, 4.69) is 10.4 Å². The fraction of sp³-hybridized carbons (Fsp3) is 0.692. The Morgan fingerprint density at radius 3 is 2.85 bits per heavy atom. The maximum atomic E-state index is 13.9. The highest BCUT2D eigenvalue weighted by Gasteiger charge is 2.28. The van der Waals surface area contributed by atoms with E-state index in [1.165, 1.54) is 4.68 Å². The summed E-state index contributed by atoms with van der Waals surface area (Å²) in [7, 11) is 3.95. The van der Waals surface area contributed by atoms with Crippen LogP contribution in [0.2, 0.25) is 0 Å². The van der Waals surface area contributed by atoms with E-state index in [1.807, 2.05) is 32.8 Å². The van der Waals surface area contributed by atoms with Gasteiger partial charge in [0.2, 0.25) is 11.7 Å². The van der Waals surface area contributed by atoms with Crippen molar-refractivity contribution in [3.63, 3.8) is 0 Å². The van der Waals surface area contributed by atoms with Gasteiger partial charge in [0.25, 0.3) is 5.91 Å². The zero-order valence-electron chi connectivity index (χ0n) is 12.4. The lowest BCUT2D eigenvalue weighted by Crippen LogP contribution is -2.40. The number of carbonyl (C=O) groups is 1. The molecule has 6 nitrogen and oxygen atoms in total. The Hall–Kier alpha value is -1.63. The van der Waals surface area contributed by atoms with Gasteiger partial charge in [-0.3, -0.25) is 4.79 Å². The number of carbonyl (C=O) groups excluding carboxylic acids is 1. The van der Waals surface area contributed by atoms with E-state index < -0.39 is 11.7 Å². The molecule has 7 heteroatoms. The molecule has 1 aromatic heterocycles. The largest absolute Gasteiger partial charge is 0.474 e. The van der Waals surface area contributed by atoms with Crippen molar-refractivity contribution < 1.29 is 13.9 Å². The van der Waals surface area contributed by atoms with E-state index in [0.29, 0.717) is 19.7 Å². The average Bonchev–Trinajstić information content (AvgIpc) is 2.88. The number of nitrogens with zero attached hydrogens (tertiary/aromatic N) is 3. The van der Waals surface area contributed by atoms with Crippen molar-refractivity contribution in [1.82, 2.24) is 20.0 Å². The Bertz CT molecular complexity index is 511. The van der Waals surface area contributed by atoms with Crippen LogP contribution in [0.25, 0.3) is 0 Å². The zero-order valence-corrected chi connectivity index (χ0v) is 12.4. The SMILES string of the molecule is CN(C)CC(C)(C)CNC(=O)c1nn2c(c1F)OCC2. The molecule has 1 aliphatic rings. The summed E-state index contributed by atoms with van der Waals surface area (Å²) in [6, 6.07) is 0. The fourth-order valence-corrected chi connectivity index (χ4v) is 2.40. The van der Waals surface area contributed by atoms with Crippen molar-refractivity contribution in [2.75, 3.05) is 33.8 Å². The number of amides is 1. The number of aromatic nitrogens is 2. The van der Waals surface area contributed by atoms with Crippen LogP contribution in [0, 0.1) is 11.2 Å². The van der Waals surface area contributed by atoms with Gasteiger partial charge in [-0.15, -0.1) is 0 Å². The molecule has 0 radical (unpaired) electrons. The Morgan fingerprint density at radius 1 is 1.55 bits per heavy atom. The molecule has 0 unspecified atom stereocenters. The molecule has 0 saturated heterocycles. The summed E-state index contributed by atoms with van der Waals surface area (Å²) in [5, 5.41) is 6.68. The molecular formula is C13H21FN4O2. The fourth-order valence-electron chi connectivity index (χ4n) is 2.40. The molecule has 0 aliphatic carbocycles. The summed E-state index contributed by atoms with van der Waals surface area (Å²) in [6.07, 6.45) is 0. The molecule has 1 amide bonds. The third-order valence-corrected chi connectivity index (χ3v) is 3.08. The Labute approximate surface area is 117 Å². The molecule has 0 saturated carbocycles. The first kappa shape index (κ1) is 14.8. The molecular weight excluding hydrogens is 263 g/mol. The van der Waals surface area contributed by atoms with Crippen LogP contribution in [0.15, 0.2) is 0 Å². The third kappa shape index (κ3) is 3.09. The minimum Gasteiger partial charge on any atom is -0.474 e. The Kier molecular flexibility index (Phi) is 3.99. The number of fused-ring (bicyclic) bond motifs is 1. The van der Waals surface area contributed by atoms with E-state index >= 15 is 0 Å².